The molecule has 0 aromatic heterocycles. The highest BCUT2D eigenvalue weighted by Crippen LogP contribution is 2.40. The largest absolute Gasteiger partial charge is 0.416 e. The van der Waals surface area contributed by atoms with E-state index in [2.05, 4.69) is 0 Å². The lowest BCUT2D eigenvalue weighted by molar-refractivity contribution is -0.143. The molecule has 1 aliphatic carbocycles. The molecule has 30 heavy (non-hydrogen) atoms. The number of rotatable bonds is 2. The zero-order valence-electron chi connectivity index (χ0n) is 15.8. The summed E-state index contributed by atoms with van der Waals surface area (Å²) in [6.07, 6.45) is -8.09. The van der Waals surface area contributed by atoms with Gasteiger partial charge in [-0.2, -0.15) is 26.3 Å². The zero-order chi connectivity index (χ0) is 21.5. The molecule has 0 spiro atoms. The van der Waals surface area contributed by atoms with Crippen LogP contribution in [-0.2, 0) is 31.6 Å². The Balaban J connectivity index is 1.85. The molecular formula is C24H18F6. The summed E-state index contributed by atoms with van der Waals surface area (Å²) < 4.78 is 79.7. The molecule has 0 saturated carbocycles. The van der Waals surface area contributed by atoms with Crippen molar-refractivity contribution in [3.05, 3.63) is 106 Å². The first-order chi connectivity index (χ1) is 14.1. The van der Waals surface area contributed by atoms with Gasteiger partial charge in [-0.05, 0) is 65.3 Å². The molecule has 156 valence electrons. The molecule has 6 heteroatoms. The second-order valence-corrected chi connectivity index (χ2v) is 7.57. The van der Waals surface area contributed by atoms with E-state index in [4.69, 9.17) is 0 Å². The van der Waals surface area contributed by atoms with Crippen LogP contribution >= 0.6 is 0 Å². The SMILES string of the molecule is FC(F)(F)c1cc(CC2c3ccccc3CCc3ccccc32)cc(C(F)(F)F)c1. The molecule has 0 aliphatic heterocycles. The van der Waals surface area contributed by atoms with Crippen molar-refractivity contribution in [3.8, 4) is 0 Å². The van der Waals surface area contributed by atoms with Gasteiger partial charge >= 0.3 is 12.4 Å². The summed E-state index contributed by atoms with van der Waals surface area (Å²) in [5.41, 5.74) is 1.52. The maximum atomic E-state index is 13.3. The minimum Gasteiger partial charge on any atom is -0.166 e. The van der Waals surface area contributed by atoms with Gasteiger partial charge < -0.3 is 0 Å². The summed E-state index contributed by atoms with van der Waals surface area (Å²) in [5.74, 6) is -0.315. The van der Waals surface area contributed by atoms with E-state index in [1.807, 2.05) is 48.5 Å². The Labute approximate surface area is 170 Å². The van der Waals surface area contributed by atoms with Crippen molar-refractivity contribution in [1.82, 2.24) is 0 Å². The van der Waals surface area contributed by atoms with E-state index >= 15 is 0 Å². The Hall–Kier alpha value is -2.76. The van der Waals surface area contributed by atoms with Crippen LogP contribution < -0.4 is 0 Å². The number of aryl methyl sites for hydroxylation is 2. The minimum atomic E-state index is -4.85. The average Bonchev–Trinajstić information content (AvgIpc) is 2.84. The summed E-state index contributed by atoms with van der Waals surface area (Å²) in [5, 5.41) is 0. The van der Waals surface area contributed by atoms with E-state index in [9.17, 15) is 26.3 Å². The highest BCUT2D eigenvalue weighted by molar-refractivity contribution is 5.47. The molecule has 0 atom stereocenters. The van der Waals surface area contributed by atoms with Crippen molar-refractivity contribution in [2.75, 3.05) is 0 Å². The molecule has 0 N–H and O–H groups in total. The molecule has 3 aromatic rings. The van der Waals surface area contributed by atoms with Gasteiger partial charge in [0.05, 0.1) is 11.1 Å². The predicted octanol–water partition coefficient (Wildman–Crippen LogP) is 7.20. The first-order valence-electron chi connectivity index (χ1n) is 9.57. The maximum Gasteiger partial charge on any atom is 0.416 e. The number of fused-ring (bicyclic) bond motifs is 2. The summed E-state index contributed by atoms with van der Waals surface area (Å²) >= 11 is 0. The second kappa shape index (κ2) is 7.49. The van der Waals surface area contributed by atoms with Crippen LogP contribution in [0.1, 0.15) is 44.9 Å². The maximum absolute atomic E-state index is 13.3. The molecule has 0 bridgehead atoms. The van der Waals surface area contributed by atoms with Crippen molar-refractivity contribution in [2.24, 2.45) is 0 Å². The lowest BCUT2D eigenvalue weighted by atomic mass is 9.83. The van der Waals surface area contributed by atoms with Crippen molar-refractivity contribution in [1.29, 1.82) is 0 Å². The third kappa shape index (κ3) is 4.09. The molecule has 4 rings (SSSR count). The Morgan fingerprint density at radius 2 is 1.07 bits per heavy atom. The van der Waals surface area contributed by atoms with Crippen LogP contribution in [0.15, 0.2) is 66.7 Å². The minimum absolute atomic E-state index is 0.0219. The summed E-state index contributed by atoms with van der Waals surface area (Å²) in [6.45, 7) is 0. The number of benzene rings is 3. The van der Waals surface area contributed by atoms with Gasteiger partial charge in [-0.15, -0.1) is 0 Å². The number of halogens is 6. The highest BCUT2D eigenvalue weighted by atomic mass is 19.4. The Morgan fingerprint density at radius 3 is 1.50 bits per heavy atom. The van der Waals surface area contributed by atoms with Crippen molar-refractivity contribution in [2.45, 2.75) is 37.5 Å². The molecule has 0 amide bonds. The van der Waals surface area contributed by atoms with Crippen LogP contribution in [0.2, 0.25) is 0 Å². The monoisotopic (exact) mass is 420 g/mol. The topological polar surface area (TPSA) is 0 Å². The van der Waals surface area contributed by atoms with Crippen LogP contribution in [0.3, 0.4) is 0 Å². The first-order valence-corrected chi connectivity index (χ1v) is 9.57. The third-order valence-corrected chi connectivity index (χ3v) is 5.61. The Kier molecular flexibility index (Phi) is 5.12. The van der Waals surface area contributed by atoms with E-state index < -0.39 is 23.5 Å². The molecule has 0 nitrogen and oxygen atoms in total. The van der Waals surface area contributed by atoms with Crippen molar-refractivity contribution >= 4 is 0 Å². The van der Waals surface area contributed by atoms with Gasteiger partial charge in [-0.3, -0.25) is 0 Å². The number of hydrogen-bond donors (Lipinski definition) is 0. The van der Waals surface area contributed by atoms with Crippen LogP contribution in [0.4, 0.5) is 26.3 Å². The molecule has 0 heterocycles. The fourth-order valence-electron chi connectivity index (χ4n) is 4.23. The lowest BCUT2D eigenvalue weighted by Gasteiger charge is -2.22. The molecular weight excluding hydrogens is 402 g/mol. The Bertz CT molecular complexity index is 982. The molecule has 0 saturated heterocycles. The van der Waals surface area contributed by atoms with E-state index in [0.717, 1.165) is 47.2 Å². The van der Waals surface area contributed by atoms with E-state index in [1.54, 1.807) is 0 Å². The van der Waals surface area contributed by atoms with Crippen LogP contribution in [0, 0.1) is 0 Å². The van der Waals surface area contributed by atoms with Crippen molar-refractivity contribution in [3.63, 3.8) is 0 Å². The van der Waals surface area contributed by atoms with Crippen LogP contribution in [0.5, 0.6) is 0 Å². The van der Waals surface area contributed by atoms with E-state index in [-0.39, 0.29) is 24.0 Å². The average molecular weight is 420 g/mol. The quantitative estimate of drug-likeness (QED) is 0.385. The first kappa shape index (κ1) is 20.5. The summed E-state index contributed by atoms with van der Waals surface area (Å²) in [6, 6.07) is 17.1. The van der Waals surface area contributed by atoms with Gasteiger partial charge in [0.15, 0.2) is 0 Å². The van der Waals surface area contributed by atoms with Gasteiger partial charge in [0.2, 0.25) is 0 Å². The molecule has 3 aromatic carbocycles. The van der Waals surface area contributed by atoms with Gasteiger partial charge in [-0.1, -0.05) is 48.5 Å². The van der Waals surface area contributed by atoms with Crippen molar-refractivity contribution < 1.29 is 26.3 Å². The predicted molar refractivity (Wildman–Crippen MR) is 102 cm³/mol. The second-order valence-electron chi connectivity index (χ2n) is 7.57. The van der Waals surface area contributed by atoms with Crippen LogP contribution in [0.25, 0.3) is 0 Å². The van der Waals surface area contributed by atoms with Gasteiger partial charge in [0.1, 0.15) is 0 Å². The number of hydrogen-bond acceptors (Lipinski definition) is 0. The van der Waals surface area contributed by atoms with Gasteiger partial charge in [0, 0.05) is 5.92 Å². The summed E-state index contributed by atoms with van der Waals surface area (Å²) in [7, 11) is 0. The summed E-state index contributed by atoms with van der Waals surface area (Å²) in [4.78, 5) is 0. The van der Waals surface area contributed by atoms with E-state index in [0.29, 0.717) is 0 Å². The molecule has 0 unspecified atom stereocenters. The third-order valence-electron chi connectivity index (χ3n) is 5.61. The molecule has 0 radical (unpaired) electrons. The molecule has 0 fully saturated rings. The zero-order valence-corrected chi connectivity index (χ0v) is 15.8. The fourth-order valence-corrected chi connectivity index (χ4v) is 4.23. The standard InChI is InChI=1S/C24H18F6/c25-23(26,27)18-11-15(12-19(14-18)24(28,29)30)13-22-20-7-3-1-5-16(20)9-10-17-6-2-4-8-21(17)22/h1-8,11-12,14,22H,9-10,13H2. The normalized spacial score (nSPS) is 14.7. The van der Waals surface area contributed by atoms with Gasteiger partial charge in [-0.25, -0.2) is 0 Å². The van der Waals surface area contributed by atoms with Crippen LogP contribution in [-0.4, -0.2) is 0 Å². The van der Waals surface area contributed by atoms with E-state index in [1.165, 1.54) is 0 Å². The lowest BCUT2D eigenvalue weighted by Crippen LogP contribution is -2.13. The molecule has 1 aliphatic rings. The highest BCUT2D eigenvalue weighted by Gasteiger charge is 2.37. The Morgan fingerprint density at radius 1 is 0.633 bits per heavy atom. The number of alkyl halides is 6. The fraction of sp³-hybridized carbons (Fsp3) is 0.250. The smallest absolute Gasteiger partial charge is 0.166 e. The van der Waals surface area contributed by atoms with Gasteiger partial charge in [0.25, 0.3) is 0 Å².